The minimum absolute atomic E-state index is 0.0566. The summed E-state index contributed by atoms with van der Waals surface area (Å²) in [7, 11) is 1.21. The van der Waals surface area contributed by atoms with E-state index < -0.39 is 11.9 Å². The lowest BCUT2D eigenvalue weighted by Gasteiger charge is -1.94. The molecule has 0 aromatic rings. The molecule has 0 aromatic carbocycles. The first kappa shape index (κ1) is 9.55. The van der Waals surface area contributed by atoms with Gasteiger partial charge in [-0.3, -0.25) is 4.42 Å². The molecule has 0 heterocycles. The van der Waals surface area contributed by atoms with Gasteiger partial charge in [0.15, 0.2) is 6.79 Å². The molecule has 0 fully saturated rings. The summed E-state index contributed by atoms with van der Waals surface area (Å²) in [4.78, 5) is 21.1. The van der Waals surface area contributed by atoms with Crippen molar-refractivity contribution in [2.24, 2.45) is 0 Å². The van der Waals surface area contributed by atoms with E-state index in [9.17, 15) is 9.59 Å². The molecular formula is C7H9O4+. The smallest absolute Gasteiger partial charge is 0.466 e. The second-order valence-corrected chi connectivity index (χ2v) is 1.79. The lowest BCUT2D eigenvalue weighted by Crippen LogP contribution is -2.08. The predicted octanol–water partition coefficient (Wildman–Crippen LogP) is -0.00330. The van der Waals surface area contributed by atoms with E-state index in [1.807, 2.05) is 0 Å². The van der Waals surface area contributed by atoms with Crippen molar-refractivity contribution in [1.82, 2.24) is 0 Å². The van der Waals surface area contributed by atoms with Crippen LogP contribution in [0.3, 0.4) is 0 Å². The van der Waals surface area contributed by atoms with E-state index in [-0.39, 0.29) is 12.0 Å². The van der Waals surface area contributed by atoms with Crippen LogP contribution in [0.15, 0.2) is 12.2 Å². The zero-order chi connectivity index (χ0) is 8.85. The molecule has 0 unspecified atom stereocenters. The summed E-state index contributed by atoms with van der Waals surface area (Å²) in [6.07, 6.45) is -0.184. The van der Waals surface area contributed by atoms with Gasteiger partial charge in [0.1, 0.15) is 6.42 Å². The van der Waals surface area contributed by atoms with E-state index in [4.69, 9.17) is 0 Å². The Labute approximate surface area is 64.2 Å². The quantitative estimate of drug-likeness (QED) is 0.329. The summed E-state index contributed by atoms with van der Waals surface area (Å²) in [5.41, 5.74) is 0.0566. The molecule has 0 aliphatic rings. The number of hydrogen-bond donors (Lipinski definition) is 0. The summed E-state index contributed by atoms with van der Waals surface area (Å²) >= 11 is 0. The standard InChI is InChI=1S/C7H9O4/c1-5(7(9)11-3)4-6(8)10-2/h1-2,4H2,3H3/q+1. The van der Waals surface area contributed by atoms with Gasteiger partial charge in [0.2, 0.25) is 0 Å². The van der Waals surface area contributed by atoms with Crippen LogP contribution >= 0.6 is 0 Å². The van der Waals surface area contributed by atoms with Gasteiger partial charge in [0.05, 0.1) is 7.11 Å². The van der Waals surface area contributed by atoms with Gasteiger partial charge in [0, 0.05) is 10.4 Å². The third-order valence-corrected chi connectivity index (χ3v) is 0.993. The molecule has 0 aliphatic heterocycles. The summed E-state index contributed by atoms with van der Waals surface area (Å²) in [5.74, 6) is -1.23. The molecule has 11 heavy (non-hydrogen) atoms. The van der Waals surface area contributed by atoms with Gasteiger partial charge in [-0.25, -0.2) is 4.79 Å². The zero-order valence-electron chi connectivity index (χ0n) is 6.25. The summed E-state index contributed by atoms with van der Waals surface area (Å²) in [5, 5.41) is 0. The Morgan fingerprint density at radius 1 is 1.55 bits per heavy atom. The molecule has 4 nitrogen and oxygen atoms in total. The number of ether oxygens (including phenoxy) is 1. The maximum absolute atomic E-state index is 10.6. The van der Waals surface area contributed by atoms with Crippen LogP contribution in [-0.4, -0.2) is 25.8 Å². The van der Waals surface area contributed by atoms with Crippen LogP contribution in [0.5, 0.6) is 0 Å². The van der Waals surface area contributed by atoms with E-state index in [1.165, 1.54) is 7.11 Å². The van der Waals surface area contributed by atoms with Gasteiger partial charge in [0.25, 0.3) is 0 Å². The van der Waals surface area contributed by atoms with Crippen molar-refractivity contribution in [2.75, 3.05) is 7.11 Å². The Morgan fingerprint density at radius 2 is 2.09 bits per heavy atom. The van der Waals surface area contributed by atoms with E-state index in [0.717, 1.165) is 0 Å². The van der Waals surface area contributed by atoms with Crippen molar-refractivity contribution >= 4 is 18.7 Å². The fraction of sp³-hybridized carbons (Fsp3) is 0.286. The van der Waals surface area contributed by atoms with Gasteiger partial charge in [-0.05, 0) is 0 Å². The van der Waals surface area contributed by atoms with Crippen molar-refractivity contribution in [3.8, 4) is 0 Å². The molecule has 0 saturated carbocycles. The van der Waals surface area contributed by atoms with Crippen molar-refractivity contribution in [1.29, 1.82) is 0 Å². The van der Waals surface area contributed by atoms with Crippen LogP contribution in [0.25, 0.3) is 0 Å². The molecule has 0 amide bonds. The van der Waals surface area contributed by atoms with E-state index in [2.05, 4.69) is 22.5 Å². The van der Waals surface area contributed by atoms with Crippen LogP contribution in [0.4, 0.5) is 0 Å². The van der Waals surface area contributed by atoms with Crippen LogP contribution in [-0.2, 0) is 18.8 Å². The average molecular weight is 157 g/mol. The molecule has 0 bridgehead atoms. The predicted molar refractivity (Wildman–Crippen MR) is 37.9 cm³/mol. The maximum Gasteiger partial charge on any atom is 0.583 e. The molecule has 0 aliphatic carbocycles. The summed E-state index contributed by atoms with van der Waals surface area (Å²) < 4.78 is 8.35. The van der Waals surface area contributed by atoms with Crippen LogP contribution in [0.1, 0.15) is 6.42 Å². The number of hydrogen-bond acceptors (Lipinski definition) is 3. The number of methoxy groups -OCH3 is 1. The van der Waals surface area contributed by atoms with Crippen molar-refractivity contribution in [2.45, 2.75) is 6.42 Å². The fourth-order valence-electron chi connectivity index (χ4n) is 0.442. The van der Waals surface area contributed by atoms with Crippen molar-refractivity contribution < 1.29 is 18.8 Å². The van der Waals surface area contributed by atoms with Crippen LogP contribution < -0.4 is 0 Å². The van der Waals surface area contributed by atoms with Crippen molar-refractivity contribution in [3.63, 3.8) is 0 Å². The second kappa shape index (κ2) is 4.38. The lowest BCUT2D eigenvalue weighted by molar-refractivity contribution is -0.368. The highest BCUT2D eigenvalue weighted by Crippen LogP contribution is 1.99. The third kappa shape index (κ3) is 3.30. The Balaban J connectivity index is 3.97. The lowest BCUT2D eigenvalue weighted by atomic mass is 10.2. The first-order chi connectivity index (χ1) is 5.11. The molecule has 4 heteroatoms. The van der Waals surface area contributed by atoms with Gasteiger partial charge in [-0.2, -0.15) is 0 Å². The van der Waals surface area contributed by atoms with Gasteiger partial charge >= 0.3 is 11.9 Å². The maximum atomic E-state index is 10.6. The molecule has 0 atom stereocenters. The summed E-state index contributed by atoms with van der Waals surface area (Å²) in [6, 6.07) is 0. The first-order valence-electron chi connectivity index (χ1n) is 2.82. The Bertz CT molecular complexity index is 204. The zero-order valence-corrected chi connectivity index (χ0v) is 6.25. The number of carbonyl (C=O) groups excluding carboxylic acids is 3. The van der Waals surface area contributed by atoms with Gasteiger partial charge in [-0.1, -0.05) is 6.58 Å². The van der Waals surface area contributed by atoms with Gasteiger partial charge < -0.3 is 4.74 Å². The molecule has 0 radical (unpaired) electrons. The highest BCUT2D eigenvalue weighted by molar-refractivity contribution is 5.92. The monoisotopic (exact) mass is 157 g/mol. The normalized spacial score (nSPS) is 8.45. The van der Waals surface area contributed by atoms with Crippen LogP contribution in [0.2, 0.25) is 0 Å². The fourth-order valence-corrected chi connectivity index (χ4v) is 0.442. The molecule has 0 N–H and O–H groups in total. The second-order valence-electron chi connectivity index (χ2n) is 1.79. The average Bonchev–Trinajstić information content (AvgIpc) is 2.02. The van der Waals surface area contributed by atoms with E-state index in [0.29, 0.717) is 0 Å². The third-order valence-electron chi connectivity index (χ3n) is 0.993. The molecule has 0 saturated heterocycles. The molecule has 0 rings (SSSR count). The first-order valence-corrected chi connectivity index (χ1v) is 2.82. The SMILES string of the molecule is C=[O+]C(=O)CC(=C)C(=O)OC. The number of carbonyl (C=O) groups is 2. The number of rotatable bonds is 3. The summed E-state index contributed by atoms with van der Waals surface area (Å²) in [6.45, 7) is 6.19. The molecular weight excluding hydrogens is 148 g/mol. The molecule has 0 spiro atoms. The Hall–Kier alpha value is -1.45. The van der Waals surface area contributed by atoms with E-state index >= 15 is 0 Å². The van der Waals surface area contributed by atoms with E-state index in [1.54, 1.807) is 0 Å². The minimum atomic E-state index is -0.615. The molecule has 0 aromatic heterocycles. The largest absolute Gasteiger partial charge is 0.583 e. The van der Waals surface area contributed by atoms with Gasteiger partial charge in [-0.15, -0.1) is 0 Å². The van der Waals surface area contributed by atoms with Crippen molar-refractivity contribution in [3.05, 3.63) is 12.2 Å². The Kier molecular flexibility index (Phi) is 3.80. The topological polar surface area (TPSA) is 54.7 Å². The Morgan fingerprint density at radius 3 is 2.45 bits per heavy atom. The highest BCUT2D eigenvalue weighted by atomic mass is 16.5. The molecule has 60 valence electrons. The highest BCUT2D eigenvalue weighted by Gasteiger charge is 2.18. The van der Waals surface area contributed by atoms with Crippen LogP contribution in [0, 0.1) is 0 Å². The minimum Gasteiger partial charge on any atom is -0.466 e. The number of esters is 1.